The minimum absolute atomic E-state index is 0.229. The van der Waals surface area contributed by atoms with Gasteiger partial charge in [-0.1, -0.05) is 0 Å². The zero-order valence-electron chi connectivity index (χ0n) is 19.4. The molecule has 2 aliphatic rings. The first-order valence-electron chi connectivity index (χ1n) is 10.7. The van der Waals surface area contributed by atoms with Crippen LogP contribution in [0.25, 0.3) is 0 Å². The van der Waals surface area contributed by atoms with Gasteiger partial charge >= 0.3 is 206 Å². The molecular weight excluding hydrogens is 542 g/mol. The first-order valence-corrected chi connectivity index (χ1v) is 13.4. The Labute approximate surface area is 205 Å². The Morgan fingerprint density at radius 2 is 1.47 bits per heavy atom. The maximum absolute atomic E-state index is 13.2. The van der Waals surface area contributed by atoms with E-state index >= 15 is 0 Å². The number of fused-ring (bicyclic) bond motifs is 1. The molecule has 0 spiro atoms. The molecule has 3 rings (SSSR count). The molecule has 0 aromatic heterocycles. The van der Waals surface area contributed by atoms with Crippen molar-refractivity contribution in [3.8, 4) is 11.5 Å². The van der Waals surface area contributed by atoms with Crippen LogP contribution in [0.4, 0.5) is 5.69 Å². The van der Waals surface area contributed by atoms with E-state index in [0.29, 0.717) is 31.0 Å². The van der Waals surface area contributed by atoms with Crippen molar-refractivity contribution in [2.24, 2.45) is 0 Å². The van der Waals surface area contributed by atoms with E-state index in [1.807, 2.05) is 39.0 Å². The number of rotatable bonds is 7. The van der Waals surface area contributed by atoms with Gasteiger partial charge in [0.25, 0.3) is 0 Å². The Balaban J connectivity index is 2.11. The van der Waals surface area contributed by atoms with Crippen LogP contribution in [0.5, 0.6) is 11.5 Å². The van der Waals surface area contributed by atoms with Crippen molar-refractivity contribution in [2.75, 3.05) is 38.8 Å². The summed E-state index contributed by atoms with van der Waals surface area (Å²) in [6.07, 6.45) is 2.62. The molecule has 2 aliphatic heterocycles. The summed E-state index contributed by atoms with van der Waals surface area (Å²) < 4.78 is 13.4. The standard InChI is InChI=1S/C23H29N3O4STe/c1-7-14(20-21(27)25(9-3)23(31)26(10-4)22(20)28)11-19-24(8-2)15-12-16(29-5)17(30-6)13-18(15)32-19/h11-13H,7-10H2,1-6H3. The van der Waals surface area contributed by atoms with Gasteiger partial charge in [-0.05, 0) is 0 Å². The second kappa shape index (κ2) is 10.2. The fraction of sp³-hybridized carbons (Fsp3) is 0.435. The quantitative estimate of drug-likeness (QED) is 0.217. The average molecular weight is 571 g/mol. The molecule has 1 aromatic rings. The van der Waals surface area contributed by atoms with Crippen LogP contribution in [0.1, 0.15) is 34.1 Å². The molecule has 7 nitrogen and oxygen atoms in total. The number of amides is 2. The molecule has 0 bridgehead atoms. The van der Waals surface area contributed by atoms with Crippen LogP contribution in [0.2, 0.25) is 0 Å². The van der Waals surface area contributed by atoms with Crippen molar-refractivity contribution in [2.45, 2.75) is 34.1 Å². The number of anilines is 1. The second-order valence-corrected chi connectivity index (χ2v) is 10.5. The Bertz CT molecular complexity index is 993. The van der Waals surface area contributed by atoms with E-state index in [0.717, 1.165) is 21.6 Å². The summed E-state index contributed by atoms with van der Waals surface area (Å²) in [6.45, 7) is 9.45. The van der Waals surface area contributed by atoms with Crippen LogP contribution in [-0.4, -0.2) is 81.5 Å². The van der Waals surface area contributed by atoms with E-state index in [2.05, 4.69) is 11.8 Å². The normalized spacial score (nSPS) is 17.4. The van der Waals surface area contributed by atoms with Gasteiger partial charge in [0.15, 0.2) is 0 Å². The topological polar surface area (TPSA) is 62.3 Å². The average Bonchev–Trinajstić information content (AvgIpc) is 3.13. The van der Waals surface area contributed by atoms with Crippen molar-refractivity contribution in [3.05, 3.63) is 33.1 Å². The molecule has 32 heavy (non-hydrogen) atoms. The predicted molar refractivity (Wildman–Crippen MR) is 131 cm³/mol. The molecular formula is C23H29N3O4STe. The zero-order valence-corrected chi connectivity index (χ0v) is 22.5. The first kappa shape index (κ1) is 24.6. The molecule has 2 heterocycles. The van der Waals surface area contributed by atoms with Gasteiger partial charge < -0.3 is 0 Å². The molecule has 1 aromatic carbocycles. The van der Waals surface area contributed by atoms with Gasteiger partial charge in [-0.2, -0.15) is 0 Å². The maximum atomic E-state index is 13.2. The monoisotopic (exact) mass is 573 g/mol. The number of carbonyl (C=O) groups excluding carboxylic acids is 2. The third kappa shape index (κ3) is 4.14. The number of hydrogen-bond donors (Lipinski definition) is 0. The molecule has 9 heteroatoms. The van der Waals surface area contributed by atoms with E-state index < -0.39 is 20.9 Å². The number of nitrogens with zero attached hydrogens (tertiary/aromatic N) is 3. The number of thiocarbonyl (C=S) groups is 1. The number of ether oxygens (including phenoxy) is 2. The minimum atomic E-state index is -0.737. The van der Waals surface area contributed by atoms with Crippen LogP contribution in [0, 0.1) is 0 Å². The number of benzene rings is 1. The predicted octanol–water partition coefficient (Wildman–Crippen LogP) is 2.42. The van der Waals surface area contributed by atoms with Gasteiger partial charge in [-0.15, -0.1) is 0 Å². The van der Waals surface area contributed by atoms with Gasteiger partial charge in [0, 0.05) is 0 Å². The Morgan fingerprint density at radius 3 is 1.94 bits per heavy atom. The van der Waals surface area contributed by atoms with Gasteiger partial charge in [-0.25, -0.2) is 0 Å². The van der Waals surface area contributed by atoms with Gasteiger partial charge in [-0.3, -0.25) is 0 Å². The van der Waals surface area contributed by atoms with Gasteiger partial charge in [0.05, 0.1) is 0 Å². The molecule has 172 valence electrons. The van der Waals surface area contributed by atoms with Crippen molar-refractivity contribution in [3.63, 3.8) is 0 Å². The summed E-state index contributed by atoms with van der Waals surface area (Å²) >= 11 is 4.66. The van der Waals surface area contributed by atoms with Crippen molar-refractivity contribution in [1.82, 2.24) is 9.80 Å². The van der Waals surface area contributed by atoms with E-state index in [9.17, 15) is 9.59 Å². The Hall–Kier alpha value is -2.08. The number of carbonyl (C=O) groups is 2. The Morgan fingerprint density at radius 1 is 0.938 bits per heavy atom. The third-order valence-corrected chi connectivity index (χ3v) is 9.13. The van der Waals surface area contributed by atoms with Crippen LogP contribution in [0.15, 0.2) is 33.1 Å². The summed E-state index contributed by atoms with van der Waals surface area (Å²) in [5, 5.41) is 0.285. The molecule has 0 unspecified atom stereocenters. The van der Waals surface area contributed by atoms with E-state index in [1.54, 1.807) is 14.2 Å². The van der Waals surface area contributed by atoms with Crippen molar-refractivity contribution >= 4 is 59.4 Å². The molecule has 1 fully saturated rings. The van der Waals surface area contributed by atoms with E-state index in [1.165, 1.54) is 13.4 Å². The fourth-order valence-corrected chi connectivity index (χ4v) is 7.74. The van der Waals surface area contributed by atoms with Crippen LogP contribution in [-0.2, 0) is 9.59 Å². The van der Waals surface area contributed by atoms with E-state index in [4.69, 9.17) is 21.7 Å². The third-order valence-electron chi connectivity index (χ3n) is 5.56. The van der Waals surface area contributed by atoms with Gasteiger partial charge in [0.1, 0.15) is 0 Å². The van der Waals surface area contributed by atoms with Crippen LogP contribution in [0.3, 0.4) is 0 Å². The zero-order chi connectivity index (χ0) is 23.6. The molecule has 1 saturated heterocycles. The van der Waals surface area contributed by atoms with Gasteiger partial charge in [0.2, 0.25) is 0 Å². The summed E-state index contributed by atoms with van der Waals surface area (Å²) in [6, 6.07) is 4.06. The van der Waals surface area contributed by atoms with Crippen molar-refractivity contribution < 1.29 is 19.1 Å². The van der Waals surface area contributed by atoms with Crippen LogP contribution >= 0.6 is 12.2 Å². The fourth-order valence-electron chi connectivity index (χ4n) is 3.88. The summed E-state index contributed by atoms with van der Waals surface area (Å²) in [5.41, 5.74) is 2.09. The molecule has 0 radical (unpaired) electrons. The van der Waals surface area contributed by atoms with Crippen molar-refractivity contribution in [1.29, 1.82) is 0 Å². The Kier molecular flexibility index (Phi) is 7.86. The summed E-state index contributed by atoms with van der Waals surface area (Å²) in [5.74, 6) is 0.800. The van der Waals surface area contributed by atoms with E-state index in [-0.39, 0.29) is 22.5 Å². The first-order chi connectivity index (χ1) is 15.4. The molecule has 2 amide bonds. The number of hydrogen-bond acceptors (Lipinski definition) is 6. The molecule has 0 N–H and O–H groups in total. The van der Waals surface area contributed by atoms with Crippen LogP contribution < -0.4 is 18.0 Å². The SMILES string of the molecule is CCC(C=C1[Te]c2cc(OC)c(OC)cc2N1CC)=C1C(=O)N(CC)C(=S)N(CC)C1=O. The number of likely N-dealkylation sites (N-methyl/N-ethyl adjacent to an activating group) is 2. The molecule has 0 saturated carbocycles. The molecule has 0 aliphatic carbocycles. The molecule has 0 atom stereocenters. The summed E-state index contributed by atoms with van der Waals surface area (Å²) in [7, 11) is 3.27. The number of methoxy groups -OCH3 is 2. The summed E-state index contributed by atoms with van der Waals surface area (Å²) in [4.78, 5) is 31.7. The second-order valence-electron chi connectivity index (χ2n) is 7.14. The number of allylic oxidation sites excluding steroid dienone is 2.